The number of morpholine rings is 1. The minimum atomic E-state index is 0.353. The van der Waals surface area contributed by atoms with Crippen LogP contribution in [0.5, 0.6) is 0 Å². The van der Waals surface area contributed by atoms with E-state index < -0.39 is 0 Å². The van der Waals surface area contributed by atoms with Crippen molar-refractivity contribution in [1.29, 1.82) is 0 Å². The van der Waals surface area contributed by atoms with Gasteiger partial charge in [-0.05, 0) is 25.3 Å². The van der Waals surface area contributed by atoms with Gasteiger partial charge in [-0.25, -0.2) is 15.0 Å². The Labute approximate surface area is 175 Å². The fourth-order valence-electron chi connectivity index (χ4n) is 3.39. The highest BCUT2D eigenvalue weighted by Crippen LogP contribution is 2.36. The van der Waals surface area contributed by atoms with Gasteiger partial charge < -0.3 is 20.7 Å². The number of aromatic nitrogens is 4. The van der Waals surface area contributed by atoms with Gasteiger partial charge in [-0.2, -0.15) is 4.98 Å². The van der Waals surface area contributed by atoms with Crippen LogP contribution < -0.4 is 16.0 Å². The monoisotopic (exact) mass is 406 g/mol. The van der Waals surface area contributed by atoms with E-state index in [1.807, 2.05) is 6.92 Å². The summed E-state index contributed by atoms with van der Waals surface area (Å²) in [4.78, 5) is 24.9. The lowest BCUT2D eigenvalue weighted by molar-refractivity contribution is 0.122. The van der Waals surface area contributed by atoms with E-state index in [1.54, 1.807) is 12.4 Å². The van der Waals surface area contributed by atoms with Gasteiger partial charge in [-0.15, -0.1) is 0 Å². The summed E-state index contributed by atoms with van der Waals surface area (Å²) in [5, 5.41) is 3.44. The largest absolute Gasteiger partial charge is 0.382 e. The number of ether oxygens (including phenoxy) is 1. The van der Waals surface area contributed by atoms with E-state index in [1.165, 1.54) is 6.20 Å². The first-order valence-corrected chi connectivity index (χ1v) is 10.1. The van der Waals surface area contributed by atoms with E-state index in [9.17, 15) is 0 Å². The first-order chi connectivity index (χ1) is 14.6. The molecule has 1 saturated heterocycles. The van der Waals surface area contributed by atoms with Gasteiger partial charge in [0, 0.05) is 25.0 Å². The predicted octanol–water partition coefficient (Wildman–Crippen LogP) is 2.97. The lowest BCUT2D eigenvalue weighted by atomic mass is 10.0. The van der Waals surface area contributed by atoms with Crippen molar-refractivity contribution >= 4 is 29.5 Å². The normalized spacial score (nSPS) is 19.2. The molecule has 2 aromatic heterocycles. The molecule has 1 aliphatic heterocycles. The standard InChI is InChI=1S/C21H26N8O/c1-3-23-19-18(16-12-25-17(22)13-24-16)27-21(29-7-9-30-10-8-29)28-20(19)26-15-6-4-5-14(2)11-15/h3-4,6,11-14H,5,7-10H2,1-2H3,(H2,22,25)(H,26,27,28). The molecule has 2 aromatic rings. The van der Waals surface area contributed by atoms with E-state index in [0.29, 0.717) is 53.8 Å². The van der Waals surface area contributed by atoms with Crippen LogP contribution in [0.3, 0.4) is 0 Å². The van der Waals surface area contributed by atoms with Crippen LogP contribution in [0.2, 0.25) is 0 Å². The van der Waals surface area contributed by atoms with Crippen molar-refractivity contribution in [2.75, 3.05) is 42.3 Å². The SMILES string of the molecule is CC=Nc1c(NC2=CC(C)CC=C2)nc(N2CCOCC2)nc1-c1cnc(N)cn1. The zero-order chi connectivity index (χ0) is 20.9. The second kappa shape index (κ2) is 9.00. The van der Waals surface area contributed by atoms with Gasteiger partial charge in [-0.3, -0.25) is 4.99 Å². The number of allylic oxidation sites excluding steroid dienone is 3. The lowest BCUT2D eigenvalue weighted by Gasteiger charge is -2.28. The zero-order valence-electron chi connectivity index (χ0n) is 17.2. The average Bonchev–Trinajstić information content (AvgIpc) is 2.76. The van der Waals surface area contributed by atoms with E-state index >= 15 is 0 Å². The Morgan fingerprint density at radius 1 is 1.23 bits per heavy atom. The number of aliphatic imine (C=N–C) groups is 1. The molecule has 1 unspecified atom stereocenters. The second-order valence-electron chi connectivity index (χ2n) is 7.25. The summed E-state index contributed by atoms with van der Waals surface area (Å²) >= 11 is 0. The Morgan fingerprint density at radius 2 is 2.07 bits per heavy atom. The minimum Gasteiger partial charge on any atom is -0.382 e. The summed E-state index contributed by atoms with van der Waals surface area (Å²) in [7, 11) is 0. The van der Waals surface area contributed by atoms with Crippen molar-refractivity contribution in [2.24, 2.45) is 10.9 Å². The molecule has 9 heteroatoms. The molecule has 0 aromatic carbocycles. The first-order valence-electron chi connectivity index (χ1n) is 10.1. The van der Waals surface area contributed by atoms with Crippen LogP contribution in [-0.2, 0) is 4.74 Å². The predicted molar refractivity (Wildman–Crippen MR) is 119 cm³/mol. The maximum Gasteiger partial charge on any atom is 0.228 e. The van der Waals surface area contributed by atoms with Crippen molar-refractivity contribution in [1.82, 2.24) is 19.9 Å². The third kappa shape index (κ3) is 4.46. The zero-order valence-corrected chi connectivity index (χ0v) is 17.2. The van der Waals surface area contributed by atoms with Crippen LogP contribution in [0, 0.1) is 5.92 Å². The number of anilines is 3. The Bertz CT molecular complexity index is 977. The lowest BCUT2D eigenvalue weighted by Crippen LogP contribution is -2.37. The van der Waals surface area contributed by atoms with Crippen LogP contribution >= 0.6 is 0 Å². The van der Waals surface area contributed by atoms with Crippen molar-refractivity contribution < 1.29 is 4.74 Å². The summed E-state index contributed by atoms with van der Waals surface area (Å²) in [6, 6.07) is 0. The Hall–Kier alpha value is -3.33. The van der Waals surface area contributed by atoms with Gasteiger partial charge in [0.05, 0.1) is 25.6 Å². The smallest absolute Gasteiger partial charge is 0.228 e. The van der Waals surface area contributed by atoms with Crippen molar-refractivity contribution in [3.8, 4) is 11.4 Å². The quantitative estimate of drug-likeness (QED) is 0.729. The molecule has 30 heavy (non-hydrogen) atoms. The van der Waals surface area contributed by atoms with Crippen LogP contribution in [0.1, 0.15) is 20.3 Å². The van der Waals surface area contributed by atoms with Crippen molar-refractivity contribution in [2.45, 2.75) is 20.3 Å². The third-order valence-corrected chi connectivity index (χ3v) is 4.87. The molecule has 0 radical (unpaired) electrons. The summed E-state index contributed by atoms with van der Waals surface area (Å²) < 4.78 is 5.48. The summed E-state index contributed by atoms with van der Waals surface area (Å²) in [5.74, 6) is 2.05. The highest BCUT2D eigenvalue weighted by atomic mass is 16.5. The van der Waals surface area contributed by atoms with Crippen LogP contribution in [0.4, 0.5) is 23.3 Å². The summed E-state index contributed by atoms with van der Waals surface area (Å²) in [6.07, 6.45) is 12.3. The van der Waals surface area contributed by atoms with Crippen molar-refractivity contribution in [3.05, 3.63) is 36.3 Å². The molecule has 9 nitrogen and oxygen atoms in total. The molecule has 1 atom stereocenters. The third-order valence-electron chi connectivity index (χ3n) is 4.87. The van der Waals surface area contributed by atoms with E-state index in [4.69, 9.17) is 20.4 Å². The maximum absolute atomic E-state index is 5.73. The van der Waals surface area contributed by atoms with Gasteiger partial charge in [0.15, 0.2) is 5.82 Å². The van der Waals surface area contributed by atoms with Crippen LogP contribution in [0.25, 0.3) is 11.4 Å². The van der Waals surface area contributed by atoms with Gasteiger partial charge in [-0.1, -0.05) is 19.1 Å². The summed E-state index contributed by atoms with van der Waals surface area (Å²) in [6.45, 7) is 6.78. The molecule has 4 rings (SSSR count). The van der Waals surface area contributed by atoms with Crippen LogP contribution in [0.15, 0.2) is 41.3 Å². The Balaban J connectivity index is 1.83. The fraction of sp³-hybridized carbons (Fsp3) is 0.381. The first kappa shape index (κ1) is 20.0. The molecule has 3 heterocycles. The highest BCUT2D eigenvalue weighted by molar-refractivity contribution is 5.83. The van der Waals surface area contributed by atoms with E-state index in [-0.39, 0.29) is 0 Å². The van der Waals surface area contributed by atoms with Gasteiger partial charge >= 0.3 is 0 Å². The van der Waals surface area contributed by atoms with Crippen LogP contribution in [-0.4, -0.2) is 52.5 Å². The van der Waals surface area contributed by atoms with Gasteiger partial charge in [0.2, 0.25) is 5.95 Å². The molecular weight excluding hydrogens is 380 g/mol. The Morgan fingerprint density at radius 3 is 2.77 bits per heavy atom. The topological polar surface area (TPSA) is 114 Å². The minimum absolute atomic E-state index is 0.353. The highest BCUT2D eigenvalue weighted by Gasteiger charge is 2.22. The molecule has 0 saturated carbocycles. The molecule has 3 N–H and O–H groups in total. The second-order valence-corrected chi connectivity index (χ2v) is 7.25. The Kier molecular flexibility index (Phi) is 5.99. The number of nitrogens with one attached hydrogen (secondary N) is 1. The van der Waals surface area contributed by atoms with Crippen molar-refractivity contribution in [3.63, 3.8) is 0 Å². The number of rotatable bonds is 5. The number of nitrogen functional groups attached to an aromatic ring is 1. The molecule has 156 valence electrons. The number of hydrogen-bond donors (Lipinski definition) is 2. The number of nitrogens with two attached hydrogens (primary N) is 1. The fourth-order valence-corrected chi connectivity index (χ4v) is 3.39. The average molecular weight is 406 g/mol. The molecular formula is C21H26N8O. The van der Waals surface area contributed by atoms with E-state index in [0.717, 1.165) is 25.2 Å². The molecule has 0 bridgehead atoms. The molecule has 0 amide bonds. The van der Waals surface area contributed by atoms with Gasteiger partial charge in [0.25, 0.3) is 0 Å². The van der Waals surface area contributed by atoms with E-state index in [2.05, 4.69) is 50.3 Å². The number of hydrogen-bond acceptors (Lipinski definition) is 9. The molecule has 1 fully saturated rings. The molecule has 0 spiro atoms. The maximum atomic E-state index is 5.73. The molecule has 2 aliphatic rings. The number of nitrogens with zero attached hydrogens (tertiary/aromatic N) is 6. The van der Waals surface area contributed by atoms with Gasteiger partial charge in [0.1, 0.15) is 22.9 Å². The summed E-state index contributed by atoms with van der Waals surface area (Å²) in [5.41, 5.74) is 8.52. The molecule has 1 aliphatic carbocycles.